The number of ether oxygens (including phenoxy) is 1. The average molecular weight is 230 g/mol. The highest BCUT2D eigenvalue weighted by atomic mass is 16.6. The molecule has 0 aromatic heterocycles. The van der Waals surface area contributed by atoms with Gasteiger partial charge in [0.1, 0.15) is 5.75 Å². The lowest BCUT2D eigenvalue weighted by atomic mass is 10.2. The molecule has 17 heavy (non-hydrogen) atoms. The van der Waals surface area contributed by atoms with E-state index in [1.165, 1.54) is 18.2 Å². The van der Waals surface area contributed by atoms with Gasteiger partial charge in [0, 0.05) is 17.8 Å². The van der Waals surface area contributed by atoms with Crippen molar-refractivity contribution in [2.24, 2.45) is 0 Å². The maximum absolute atomic E-state index is 10.8. The first-order chi connectivity index (χ1) is 8.16. The number of hydrogen-bond donors (Lipinski definition) is 1. The van der Waals surface area contributed by atoms with Crippen molar-refractivity contribution in [3.05, 3.63) is 58.6 Å². The molecule has 5 nitrogen and oxygen atoms in total. The Morgan fingerprint density at radius 2 is 1.82 bits per heavy atom. The Bertz CT molecular complexity index is 541. The summed E-state index contributed by atoms with van der Waals surface area (Å²) in [6.45, 7) is 0. The number of anilines is 1. The summed E-state index contributed by atoms with van der Waals surface area (Å²) in [5.74, 6) is 0.669. The van der Waals surface area contributed by atoms with E-state index in [1.807, 2.05) is 6.07 Å². The second-order valence-electron chi connectivity index (χ2n) is 3.40. The Balaban J connectivity index is 2.37. The number of para-hydroxylation sites is 1. The molecule has 5 heteroatoms. The first kappa shape index (κ1) is 10.9. The van der Waals surface area contributed by atoms with Gasteiger partial charge in [-0.15, -0.1) is 0 Å². The molecule has 0 amide bonds. The fourth-order valence-corrected chi connectivity index (χ4v) is 1.38. The summed E-state index contributed by atoms with van der Waals surface area (Å²) >= 11 is 0. The van der Waals surface area contributed by atoms with Crippen LogP contribution in [0.15, 0.2) is 48.5 Å². The second kappa shape index (κ2) is 4.52. The zero-order valence-electron chi connectivity index (χ0n) is 8.87. The smallest absolute Gasteiger partial charge is 0.311 e. The van der Waals surface area contributed by atoms with Crippen molar-refractivity contribution < 1.29 is 9.66 Å². The van der Waals surface area contributed by atoms with Crippen LogP contribution in [-0.2, 0) is 0 Å². The molecule has 0 fully saturated rings. The summed E-state index contributed by atoms with van der Waals surface area (Å²) < 4.78 is 5.43. The standard InChI is InChI=1S/C12H10N2O3/c13-9-6-7-11(14(15)16)12(8-9)17-10-4-2-1-3-5-10/h1-8H,13H2. The van der Waals surface area contributed by atoms with Crippen molar-refractivity contribution in [1.29, 1.82) is 0 Å². The number of nitrogen functional groups attached to an aromatic ring is 1. The summed E-state index contributed by atoms with van der Waals surface area (Å²) in [4.78, 5) is 10.3. The molecular weight excluding hydrogens is 220 g/mol. The van der Waals surface area contributed by atoms with Crippen LogP contribution in [0, 0.1) is 10.1 Å². The van der Waals surface area contributed by atoms with Crippen molar-refractivity contribution in [1.82, 2.24) is 0 Å². The lowest BCUT2D eigenvalue weighted by Gasteiger charge is -2.06. The molecule has 0 saturated carbocycles. The SMILES string of the molecule is Nc1ccc([N+](=O)[O-])c(Oc2ccccc2)c1. The first-order valence-electron chi connectivity index (χ1n) is 4.93. The maximum Gasteiger partial charge on any atom is 0.311 e. The van der Waals surface area contributed by atoms with Crippen LogP contribution in [0.2, 0.25) is 0 Å². The lowest BCUT2D eigenvalue weighted by Crippen LogP contribution is -1.95. The molecule has 0 unspecified atom stereocenters. The molecule has 0 aliphatic heterocycles. The predicted molar refractivity (Wildman–Crippen MR) is 64.0 cm³/mol. The van der Waals surface area contributed by atoms with Crippen LogP contribution in [0.3, 0.4) is 0 Å². The Morgan fingerprint density at radius 1 is 1.12 bits per heavy atom. The van der Waals surface area contributed by atoms with E-state index in [4.69, 9.17) is 10.5 Å². The van der Waals surface area contributed by atoms with Gasteiger partial charge in [-0.3, -0.25) is 10.1 Å². The molecule has 2 N–H and O–H groups in total. The van der Waals surface area contributed by atoms with Crippen LogP contribution in [-0.4, -0.2) is 4.92 Å². The molecule has 0 atom stereocenters. The van der Waals surface area contributed by atoms with Crippen LogP contribution >= 0.6 is 0 Å². The first-order valence-corrected chi connectivity index (χ1v) is 4.93. The number of rotatable bonds is 3. The minimum atomic E-state index is -0.502. The number of nitrogens with two attached hydrogens (primary N) is 1. The lowest BCUT2D eigenvalue weighted by molar-refractivity contribution is -0.385. The van der Waals surface area contributed by atoms with Gasteiger partial charge in [0.05, 0.1) is 4.92 Å². The maximum atomic E-state index is 10.8. The number of nitrogens with zero attached hydrogens (tertiary/aromatic N) is 1. The highest BCUT2D eigenvalue weighted by molar-refractivity contribution is 5.56. The minimum absolute atomic E-state index is 0.108. The van der Waals surface area contributed by atoms with E-state index in [-0.39, 0.29) is 11.4 Å². The zero-order chi connectivity index (χ0) is 12.3. The van der Waals surface area contributed by atoms with Gasteiger partial charge in [-0.1, -0.05) is 18.2 Å². The van der Waals surface area contributed by atoms with E-state index in [0.29, 0.717) is 11.4 Å². The number of benzene rings is 2. The van der Waals surface area contributed by atoms with Gasteiger partial charge in [0.25, 0.3) is 0 Å². The van der Waals surface area contributed by atoms with Gasteiger partial charge in [-0.25, -0.2) is 0 Å². The van der Waals surface area contributed by atoms with Crippen LogP contribution in [0.25, 0.3) is 0 Å². The number of nitro groups is 1. The molecule has 2 aromatic rings. The Hall–Kier alpha value is -2.56. The van der Waals surface area contributed by atoms with E-state index in [1.54, 1.807) is 24.3 Å². The highest BCUT2D eigenvalue weighted by Crippen LogP contribution is 2.32. The molecule has 86 valence electrons. The van der Waals surface area contributed by atoms with Gasteiger partial charge in [-0.2, -0.15) is 0 Å². The fourth-order valence-electron chi connectivity index (χ4n) is 1.38. The van der Waals surface area contributed by atoms with E-state index < -0.39 is 4.92 Å². The van der Waals surface area contributed by atoms with Crippen LogP contribution in [0.4, 0.5) is 11.4 Å². The number of nitro benzene ring substituents is 1. The highest BCUT2D eigenvalue weighted by Gasteiger charge is 2.15. The third-order valence-corrected chi connectivity index (χ3v) is 2.15. The Morgan fingerprint density at radius 3 is 2.47 bits per heavy atom. The van der Waals surface area contributed by atoms with Gasteiger partial charge in [0.2, 0.25) is 5.75 Å². The van der Waals surface area contributed by atoms with Gasteiger partial charge in [-0.05, 0) is 18.2 Å². The summed E-state index contributed by atoms with van der Waals surface area (Å²) in [5, 5.41) is 10.8. The third-order valence-electron chi connectivity index (χ3n) is 2.15. The van der Waals surface area contributed by atoms with E-state index in [2.05, 4.69) is 0 Å². The minimum Gasteiger partial charge on any atom is -0.450 e. The Labute approximate surface area is 97.6 Å². The predicted octanol–water partition coefficient (Wildman–Crippen LogP) is 2.97. The van der Waals surface area contributed by atoms with Crippen molar-refractivity contribution >= 4 is 11.4 Å². The van der Waals surface area contributed by atoms with E-state index in [0.717, 1.165) is 0 Å². The summed E-state index contributed by atoms with van der Waals surface area (Å²) in [7, 11) is 0. The Kier molecular flexibility index (Phi) is 2.91. The molecule has 0 saturated heterocycles. The molecule has 2 aromatic carbocycles. The van der Waals surface area contributed by atoms with Crippen molar-refractivity contribution in [3.8, 4) is 11.5 Å². The molecule has 2 rings (SSSR count). The average Bonchev–Trinajstić information content (AvgIpc) is 2.30. The summed E-state index contributed by atoms with van der Waals surface area (Å²) in [6, 6.07) is 13.1. The molecule has 0 bridgehead atoms. The molecular formula is C12H10N2O3. The largest absolute Gasteiger partial charge is 0.450 e. The van der Waals surface area contributed by atoms with Gasteiger partial charge >= 0.3 is 5.69 Å². The van der Waals surface area contributed by atoms with E-state index >= 15 is 0 Å². The second-order valence-corrected chi connectivity index (χ2v) is 3.40. The zero-order valence-corrected chi connectivity index (χ0v) is 8.87. The van der Waals surface area contributed by atoms with Crippen LogP contribution in [0.1, 0.15) is 0 Å². The quantitative estimate of drug-likeness (QED) is 0.499. The fraction of sp³-hybridized carbons (Fsp3) is 0. The van der Waals surface area contributed by atoms with Crippen molar-refractivity contribution in [2.75, 3.05) is 5.73 Å². The third kappa shape index (κ3) is 2.52. The molecule has 0 heterocycles. The summed E-state index contributed by atoms with van der Waals surface area (Å²) in [5.41, 5.74) is 5.89. The van der Waals surface area contributed by atoms with Crippen molar-refractivity contribution in [2.45, 2.75) is 0 Å². The van der Waals surface area contributed by atoms with Crippen LogP contribution in [0.5, 0.6) is 11.5 Å². The molecule has 0 radical (unpaired) electrons. The molecule has 0 spiro atoms. The van der Waals surface area contributed by atoms with Gasteiger partial charge in [0.15, 0.2) is 0 Å². The van der Waals surface area contributed by atoms with E-state index in [9.17, 15) is 10.1 Å². The topological polar surface area (TPSA) is 78.4 Å². The summed E-state index contributed by atoms with van der Waals surface area (Å²) in [6.07, 6.45) is 0. The molecule has 0 aliphatic rings. The number of hydrogen-bond acceptors (Lipinski definition) is 4. The van der Waals surface area contributed by atoms with Gasteiger partial charge < -0.3 is 10.5 Å². The van der Waals surface area contributed by atoms with Crippen molar-refractivity contribution in [3.63, 3.8) is 0 Å². The molecule has 0 aliphatic carbocycles. The van der Waals surface area contributed by atoms with Crippen LogP contribution < -0.4 is 10.5 Å². The normalized spacial score (nSPS) is 9.88. The monoisotopic (exact) mass is 230 g/mol.